The van der Waals surface area contributed by atoms with Crippen LogP contribution >= 0.6 is 0 Å². The van der Waals surface area contributed by atoms with Gasteiger partial charge in [0, 0.05) is 32.0 Å². The number of piperidine rings is 1. The third-order valence-corrected chi connectivity index (χ3v) is 5.39. The molecule has 21 heavy (non-hydrogen) atoms. The van der Waals surface area contributed by atoms with Crippen LogP contribution in [0.4, 0.5) is 0 Å². The molecular weight excluding hydrogens is 268 g/mol. The molecule has 0 unspecified atom stereocenters. The van der Waals surface area contributed by atoms with Gasteiger partial charge in [0.25, 0.3) is 0 Å². The predicted molar refractivity (Wildman–Crippen MR) is 79.8 cm³/mol. The van der Waals surface area contributed by atoms with Crippen LogP contribution in [0.3, 0.4) is 0 Å². The van der Waals surface area contributed by atoms with E-state index in [0.29, 0.717) is 31.7 Å². The number of amides is 1. The van der Waals surface area contributed by atoms with E-state index in [2.05, 4.69) is 17.1 Å². The smallest absolute Gasteiger partial charge is 0.224 e. The monoisotopic (exact) mass is 296 g/mol. The fraction of sp³-hybridized carbons (Fsp3) is 0.938. The Labute approximate surface area is 127 Å². The Kier molecular flexibility index (Phi) is 4.52. The lowest BCUT2D eigenvalue weighted by atomic mass is 9.72. The molecule has 2 aliphatic heterocycles. The SMILES string of the molecule is CCNC(=O)[C@@H]1C[C@@H]2CC3(CC[C@H]2N(CC)C1)OCCO3. The molecule has 3 rings (SSSR count). The molecule has 1 N–H and O–H groups in total. The molecule has 2 heterocycles. The lowest BCUT2D eigenvalue weighted by Crippen LogP contribution is -2.56. The van der Waals surface area contributed by atoms with E-state index in [0.717, 1.165) is 38.8 Å². The molecule has 0 aromatic heterocycles. The summed E-state index contributed by atoms with van der Waals surface area (Å²) >= 11 is 0. The molecule has 2 saturated heterocycles. The number of nitrogens with one attached hydrogen (secondary N) is 1. The molecule has 0 aromatic rings. The lowest BCUT2D eigenvalue weighted by Gasteiger charge is -2.50. The average Bonchev–Trinajstić information content (AvgIpc) is 2.93. The molecular formula is C16H28N2O3. The summed E-state index contributed by atoms with van der Waals surface area (Å²) in [6.45, 7) is 8.25. The zero-order chi connectivity index (χ0) is 14.9. The number of likely N-dealkylation sites (tertiary alicyclic amines) is 1. The summed E-state index contributed by atoms with van der Waals surface area (Å²) in [5, 5.41) is 2.99. The third-order valence-electron chi connectivity index (χ3n) is 5.39. The minimum Gasteiger partial charge on any atom is -0.356 e. The Bertz CT molecular complexity index is 382. The number of fused-ring (bicyclic) bond motifs is 1. The molecule has 120 valence electrons. The molecule has 1 spiro atoms. The van der Waals surface area contributed by atoms with Crippen molar-refractivity contribution in [2.24, 2.45) is 11.8 Å². The first-order valence-electron chi connectivity index (χ1n) is 8.47. The predicted octanol–water partition coefficient (Wildman–Crippen LogP) is 1.38. The molecule has 3 fully saturated rings. The highest BCUT2D eigenvalue weighted by atomic mass is 16.7. The summed E-state index contributed by atoms with van der Waals surface area (Å²) in [6, 6.07) is 0.596. The van der Waals surface area contributed by atoms with E-state index in [9.17, 15) is 4.79 Å². The van der Waals surface area contributed by atoms with E-state index in [1.165, 1.54) is 0 Å². The van der Waals surface area contributed by atoms with Crippen molar-refractivity contribution in [2.45, 2.75) is 51.4 Å². The number of ether oxygens (including phenoxy) is 2. The molecule has 1 aliphatic carbocycles. The van der Waals surface area contributed by atoms with E-state index in [1.807, 2.05) is 6.92 Å². The molecule has 3 atom stereocenters. The first-order chi connectivity index (χ1) is 10.2. The molecule has 5 heteroatoms. The van der Waals surface area contributed by atoms with E-state index in [4.69, 9.17) is 9.47 Å². The Morgan fingerprint density at radius 3 is 2.76 bits per heavy atom. The fourth-order valence-corrected chi connectivity index (χ4v) is 4.45. The van der Waals surface area contributed by atoms with Crippen molar-refractivity contribution < 1.29 is 14.3 Å². The van der Waals surface area contributed by atoms with E-state index >= 15 is 0 Å². The summed E-state index contributed by atoms with van der Waals surface area (Å²) in [5.41, 5.74) is 0. The third kappa shape index (κ3) is 2.96. The van der Waals surface area contributed by atoms with Crippen molar-refractivity contribution >= 4 is 5.91 Å². The van der Waals surface area contributed by atoms with Crippen LogP contribution in [0, 0.1) is 11.8 Å². The second kappa shape index (κ2) is 6.23. The van der Waals surface area contributed by atoms with Crippen molar-refractivity contribution in [3.05, 3.63) is 0 Å². The van der Waals surface area contributed by atoms with Crippen molar-refractivity contribution in [2.75, 3.05) is 32.8 Å². The normalized spacial score (nSPS) is 35.6. The highest BCUT2D eigenvalue weighted by Crippen LogP contribution is 2.45. The van der Waals surface area contributed by atoms with Crippen molar-refractivity contribution in [1.82, 2.24) is 10.2 Å². The summed E-state index contributed by atoms with van der Waals surface area (Å²) in [6.07, 6.45) is 4.04. The van der Waals surface area contributed by atoms with Crippen molar-refractivity contribution in [3.63, 3.8) is 0 Å². The summed E-state index contributed by atoms with van der Waals surface area (Å²) in [5.74, 6) is 0.493. The number of rotatable bonds is 3. The van der Waals surface area contributed by atoms with Crippen LogP contribution < -0.4 is 5.32 Å². The zero-order valence-corrected chi connectivity index (χ0v) is 13.3. The van der Waals surface area contributed by atoms with Gasteiger partial charge in [-0.05, 0) is 32.2 Å². The summed E-state index contributed by atoms with van der Waals surface area (Å²) in [7, 11) is 0. The van der Waals surface area contributed by atoms with E-state index < -0.39 is 0 Å². The van der Waals surface area contributed by atoms with Crippen LogP contribution in [0.2, 0.25) is 0 Å². The van der Waals surface area contributed by atoms with Gasteiger partial charge in [0.1, 0.15) is 0 Å². The summed E-state index contributed by atoms with van der Waals surface area (Å²) < 4.78 is 11.8. The Balaban J connectivity index is 1.71. The molecule has 0 aromatic carbocycles. The maximum absolute atomic E-state index is 12.2. The van der Waals surface area contributed by atoms with Gasteiger partial charge in [0.15, 0.2) is 5.79 Å². The maximum atomic E-state index is 12.2. The standard InChI is InChI=1S/C16H28N2O3/c1-3-17-15(19)13-9-12-10-16(20-7-8-21-16)6-5-14(12)18(4-2)11-13/h12-14H,3-11H2,1-2H3,(H,17,19)/t12-,13-,14-/m1/s1. The Morgan fingerprint density at radius 2 is 2.10 bits per heavy atom. The van der Waals surface area contributed by atoms with Gasteiger partial charge in [-0.1, -0.05) is 6.92 Å². The van der Waals surface area contributed by atoms with Gasteiger partial charge in [0.2, 0.25) is 5.91 Å². The zero-order valence-electron chi connectivity index (χ0n) is 13.3. The number of nitrogens with zero attached hydrogens (tertiary/aromatic N) is 1. The van der Waals surface area contributed by atoms with Crippen molar-refractivity contribution in [1.29, 1.82) is 0 Å². The van der Waals surface area contributed by atoms with Gasteiger partial charge in [0.05, 0.1) is 19.1 Å². The molecule has 3 aliphatic rings. The quantitative estimate of drug-likeness (QED) is 0.855. The number of carbonyl (C=O) groups is 1. The van der Waals surface area contributed by atoms with Crippen LogP contribution in [0.1, 0.15) is 39.5 Å². The topological polar surface area (TPSA) is 50.8 Å². The highest BCUT2D eigenvalue weighted by Gasteiger charge is 2.49. The molecule has 1 saturated carbocycles. The van der Waals surface area contributed by atoms with Crippen LogP contribution in [0.15, 0.2) is 0 Å². The number of hydrogen-bond donors (Lipinski definition) is 1. The van der Waals surface area contributed by atoms with Gasteiger partial charge < -0.3 is 14.8 Å². The van der Waals surface area contributed by atoms with E-state index in [1.54, 1.807) is 0 Å². The first-order valence-corrected chi connectivity index (χ1v) is 8.47. The Morgan fingerprint density at radius 1 is 1.33 bits per heavy atom. The molecule has 1 amide bonds. The number of hydrogen-bond acceptors (Lipinski definition) is 4. The van der Waals surface area contributed by atoms with Crippen molar-refractivity contribution in [3.8, 4) is 0 Å². The maximum Gasteiger partial charge on any atom is 0.224 e. The highest BCUT2D eigenvalue weighted by molar-refractivity contribution is 5.79. The minimum absolute atomic E-state index is 0.114. The minimum atomic E-state index is -0.344. The van der Waals surface area contributed by atoms with Crippen LogP contribution in [-0.2, 0) is 14.3 Å². The second-order valence-corrected chi connectivity index (χ2v) is 6.59. The van der Waals surface area contributed by atoms with Crippen LogP contribution in [0.5, 0.6) is 0 Å². The van der Waals surface area contributed by atoms with Crippen LogP contribution in [0.25, 0.3) is 0 Å². The van der Waals surface area contributed by atoms with Gasteiger partial charge in [-0.15, -0.1) is 0 Å². The number of carbonyl (C=O) groups excluding carboxylic acids is 1. The van der Waals surface area contributed by atoms with Gasteiger partial charge in [-0.2, -0.15) is 0 Å². The second-order valence-electron chi connectivity index (χ2n) is 6.59. The molecule has 0 radical (unpaired) electrons. The largest absolute Gasteiger partial charge is 0.356 e. The van der Waals surface area contributed by atoms with Crippen LogP contribution in [-0.4, -0.2) is 55.5 Å². The molecule has 0 bridgehead atoms. The van der Waals surface area contributed by atoms with Gasteiger partial charge in [-0.25, -0.2) is 0 Å². The lowest BCUT2D eigenvalue weighted by molar-refractivity contribution is -0.203. The van der Waals surface area contributed by atoms with Gasteiger partial charge in [-0.3, -0.25) is 9.69 Å². The Hall–Kier alpha value is -0.650. The fourth-order valence-electron chi connectivity index (χ4n) is 4.45. The molecule has 5 nitrogen and oxygen atoms in total. The average molecular weight is 296 g/mol. The van der Waals surface area contributed by atoms with E-state index in [-0.39, 0.29) is 17.6 Å². The van der Waals surface area contributed by atoms with Gasteiger partial charge >= 0.3 is 0 Å². The summed E-state index contributed by atoms with van der Waals surface area (Å²) in [4.78, 5) is 14.7. The first kappa shape index (κ1) is 15.3.